The predicted octanol–water partition coefficient (Wildman–Crippen LogP) is 17.7. The third kappa shape index (κ3) is 11.6. The van der Waals surface area contributed by atoms with Crippen LogP contribution in [-0.2, 0) is 0 Å². The van der Waals surface area contributed by atoms with E-state index in [1.54, 1.807) is 0 Å². The first-order valence-corrected chi connectivity index (χ1v) is 26.0. The highest BCUT2D eigenvalue weighted by Gasteiger charge is 2.15. The van der Waals surface area contributed by atoms with Gasteiger partial charge in [-0.15, -0.1) is 30.6 Å². The standard InChI is InChI=1S/C69H51N7O3/c1-46-4-28-55(29-5-46)64-70-73-67(77-64)58-34-16-49(17-35-58)10-13-52-22-40-61(41-23-52)76(62-42-24-53(25-43-62)14-11-50-18-36-59(37-19-50)68-74-71-65(78-68)56-30-6-47(2)7-31-56)63-44-26-54(27-45-63)15-12-51-20-38-60(39-21-51)69-75-72-66(79-69)57-32-8-48(3)9-33-57/h4-45H,1-3H3/b13-10+,14-11+,15-12+. The first-order chi connectivity index (χ1) is 38.8. The number of aromatic nitrogens is 6. The topological polar surface area (TPSA) is 120 Å². The van der Waals surface area contributed by atoms with Crippen LogP contribution < -0.4 is 4.90 Å². The lowest BCUT2D eigenvalue weighted by atomic mass is 10.1. The van der Waals surface area contributed by atoms with E-state index in [1.165, 1.54) is 16.7 Å². The van der Waals surface area contributed by atoms with Crippen molar-refractivity contribution in [1.29, 1.82) is 0 Å². The van der Waals surface area contributed by atoms with Crippen LogP contribution in [0.25, 0.3) is 105 Å². The highest BCUT2D eigenvalue weighted by molar-refractivity contribution is 5.81. The minimum absolute atomic E-state index is 0.484. The molecule has 0 aliphatic heterocycles. The average molecular weight is 1030 g/mol. The molecule has 0 bridgehead atoms. The third-order valence-electron chi connectivity index (χ3n) is 13.5. The number of hydrogen-bond donors (Lipinski definition) is 0. The molecule has 0 aliphatic rings. The summed E-state index contributed by atoms with van der Waals surface area (Å²) in [6, 6.07) is 74.4. The van der Waals surface area contributed by atoms with E-state index in [9.17, 15) is 0 Å². The summed E-state index contributed by atoms with van der Waals surface area (Å²) in [4.78, 5) is 2.27. The van der Waals surface area contributed by atoms with Gasteiger partial charge in [0.2, 0.25) is 35.3 Å². The second-order valence-electron chi connectivity index (χ2n) is 19.3. The van der Waals surface area contributed by atoms with E-state index in [0.717, 1.165) is 83.8 Å². The van der Waals surface area contributed by atoms with Crippen LogP contribution in [0, 0.1) is 20.8 Å². The second-order valence-corrected chi connectivity index (χ2v) is 19.3. The van der Waals surface area contributed by atoms with Crippen molar-refractivity contribution in [2.24, 2.45) is 0 Å². The van der Waals surface area contributed by atoms with E-state index in [2.05, 4.69) is 202 Å². The number of aryl methyl sites for hydroxylation is 3. The van der Waals surface area contributed by atoms with Crippen LogP contribution in [0.2, 0.25) is 0 Å². The maximum absolute atomic E-state index is 6.02. The maximum Gasteiger partial charge on any atom is 0.248 e. The average Bonchev–Trinajstić information content (AvgIpc) is 4.33. The summed E-state index contributed by atoms with van der Waals surface area (Å²) in [6.45, 7) is 6.16. The Morgan fingerprint density at radius 3 is 0.582 bits per heavy atom. The Bertz CT molecular complexity index is 3650. The summed E-state index contributed by atoms with van der Waals surface area (Å²) < 4.78 is 18.1. The lowest BCUT2D eigenvalue weighted by Gasteiger charge is -2.26. The first-order valence-electron chi connectivity index (χ1n) is 26.0. The third-order valence-corrected chi connectivity index (χ3v) is 13.5. The van der Waals surface area contributed by atoms with Crippen LogP contribution >= 0.6 is 0 Å². The van der Waals surface area contributed by atoms with Gasteiger partial charge in [0.1, 0.15) is 0 Å². The lowest BCUT2D eigenvalue weighted by Crippen LogP contribution is -2.09. The molecule has 0 saturated heterocycles. The van der Waals surface area contributed by atoms with Gasteiger partial charge in [-0.05, 0) is 163 Å². The first kappa shape index (κ1) is 49.3. The van der Waals surface area contributed by atoms with Gasteiger partial charge in [0.05, 0.1) is 0 Å². The predicted molar refractivity (Wildman–Crippen MR) is 318 cm³/mol. The van der Waals surface area contributed by atoms with Crippen molar-refractivity contribution in [2.75, 3.05) is 4.90 Å². The van der Waals surface area contributed by atoms with Gasteiger partial charge in [-0.25, -0.2) is 0 Å². The van der Waals surface area contributed by atoms with Crippen molar-refractivity contribution in [3.05, 3.63) is 268 Å². The summed E-state index contributed by atoms with van der Waals surface area (Å²) in [5.74, 6) is 2.95. The van der Waals surface area contributed by atoms with Crippen molar-refractivity contribution in [2.45, 2.75) is 20.8 Å². The van der Waals surface area contributed by atoms with Crippen molar-refractivity contribution in [1.82, 2.24) is 30.6 Å². The smallest absolute Gasteiger partial charge is 0.248 e. The zero-order chi connectivity index (χ0) is 53.5. The fourth-order valence-corrected chi connectivity index (χ4v) is 8.90. The van der Waals surface area contributed by atoms with Crippen molar-refractivity contribution >= 4 is 53.5 Å². The summed E-state index contributed by atoms with van der Waals surface area (Å²) in [7, 11) is 0. The van der Waals surface area contributed by atoms with E-state index in [4.69, 9.17) is 13.3 Å². The Morgan fingerprint density at radius 1 is 0.228 bits per heavy atom. The zero-order valence-corrected chi connectivity index (χ0v) is 43.6. The highest BCUT2D eigenvalue weighted by Crippen LogP contribution is 2.36. The summed E-state index contributed by atoms with van der Waals surface area (Å²) >= 11 is 0. The Morgan fingerprint density at radius 2 is 0.392 bits per heavy atom. The molecule has 12 aromatic rings. The van der Waals surface area contributed by atoms with Gasteiger partial charge in [-0.1, -0.05) is 162 Å². The van der Waals surface area contributed by atoms with Gasteiger partial charge in [0, 0.05) is 50.4 Å². The van der Waals surface area contributed by atoms with Gasteiger partial charge >= 0.3 is 0 Å². The summed E-state index contributed by atoms with van der Waals surface area (Å²) in [5, 5.41) is 25.7. The molecule has 0 saturated carbocycles. The largest absolute Gasteiger partial charge is 0.416 e. The molecule has 12 rings (SSSR count). The highest BCUT2D eigenvalue weighted by atomic mass is 16.4. The molecule has 9 aromatic carbocycles. The molecule has 0 unspecified atom stereocenters. The van der Waals surface area contributed by atoms with Crippen LogP contribution in [0.15, 0.2) is 232 Å². The molecule has 79 heavy (non-hydrogen) atoms. The van der Waals surface area contributed by atoms with E-state index in [-0.39, 0.29) is 0 Å². The zero-order valence-electron chi connectivity index (χ0n) is 43.6. The molecular formula is C69H51N7O3. The van der Waals surface area contributed by atoms with Gasteiger partial charge < -0.3 is 18.2 Å². The number of rotatable bonds is 15. The molecule has 3 heterocycles. The van der Waals surface area contributed by atoms with Crippen molar-refractivity contribution < 1.29 is 13.3 Å². The molecule has 0 atom stereocenters. The SMILES string of the molecule is Cc1ccc(-c2nnc(-c3ccc(/C=C/c4ccc(N(c5ccc(/C=C/c6ccc(-c7nnc(-c8ccc(C)cc8)o7)cc6)cc5)c5ccc(/C=C/c6ccc(-c7nnc(-c8ccc(C)cc8)o7)cc6)cc5)cc4)cc3)o2)cc1. The van der Waals surface area contributed by atoms with E-state index < -0.39 is 0 Å². The molecule has 10 heteroatoms. The van der Waals surface area contributed by atoms with Crippen LogP contribution in [0.4, 0.5) is 17.1 Å². The van der Waals surface area contributed by atoms with Crippen molar-refractivity contribution in [3.8, 4) is 68.7 Å². The minimum atomic E-state index is 0.484. The maximum atomic E-state index is 6.02. The Balaban J connectivity index is 0.749. The lowest BCUT2D eigenvalue weighted by molar-refractivity contribution is 0.584. The fourth-order valence-electron chi connectivity index (χ4n) is 8.90. The Kier molecular flexibility index (Phi) is 13.9. The molecule has 3 aromatic heterocycles. The summed E-state index contributed by atoms with van der Waals surface area (Å²) in [6.07, 6.45) is 12.7. The quantitative estimate of drug-likeness (QED) is 0.0918. The number of nitrogens with zero attached hydrogens (tertiary/aromatic N) is 7. The molecule has 0 radical (unpaired) electrons. The fraction of sp³-hybridized carbons (Fsp3) is 0.0435. The monoisotopic (exact) mass is 1030 g/mol. The molecule has 0 N–H and O–H groups in total. The normalized spacial score (nSPS) is 11.6. The van der Waals surface area contributed by atoms with Crippen LogP contribution in [0.5, 0.6) is 0 Å². The number of anilines is 3. The van der Waals surface area contributed by atoms with Gasteiger partial charge in [-0.3, -0.25) is 0 Å². The van der Waals surface area contributed by atoms with Crippen molar-refractivity contribution in [3.63, 3.8) is 0 Å². The van der Waals surface area contributed by atoms with E-state index in [0.29, 0.717) is 35.3 Å². The van der Waals surface area contributed by atoms with Gasteiger partial charge in [0.25, 0.3) is 0 Å². The minimum Gasteiger partial charge on any atom is -0.416 e. The number of hydrogen-bond acceptors (Lipinski definition) is 10. The van der Waals surface area contributed by atoms with Gasteiger partial charge in [-0.2, -0.15) is 0 Å². The van der Waals surface area contributed by atoms with Gasteiger partial charge in [0.15, 0.2) is 0 Å². The molecule has 380 valence electrons. The van der Waals surface area contributed by atoms with Crippen LogP contribution in [-0.4, -0.2) is 30.6 Å². The molecular weight excluding hydrogens is 975 g/mol. The Labute approximate surface area is 458 Å². The van der Waals surface area contributed by atoms with Crippen LogP contribution in [0.3, 0.4) is 0 Å². The molecule has 0 amide bonds. The van der Waals surface area contributed by atoms with E-state index >= 15 is 0 Å². The molecule has 10 nitrogen and oxygen atoms in total. The second kappa shape index (κ2) is 22.3. The number of benzene rings is 9. The molecule has 0 fully saturated rings. The Hall–Kier alpha value is -10.6. The summed E-state index contributed by atoms with van der Waals surface area (Å²) in [5.41, 5.74) is 18.3. The van der Waals surface area contributed by atoms with E-state index in [1.807, 2.05) is 109 Å². The molecule has 0 aliphatic carbocycles. The molecule has 0 spiro atoms. The van der Waals surface area contributed by atoms with Crippen LogP contribution in [0.1, 0.15) is 50.1 Å².